The van der Waals surface area contributed by atoms with Crippen molar-refractivity contribution in [2.45, 2.75) is 30.2 Å². The lowest BCUT2D eigenvalue weighted by Gasteiger charge is -2.33. The van der Waals surface area contributed by atoms with Crippen molar-refractivity contribution in [2.24, 2.45) is 0 Å². The topological polar surface area (TPSA) is 57.6 Å². The maximum atomic E-state index is 13.5. The Hall–Kier alpha value is -0.500. The van der Waals surface area contributed by atoms with Crippen molar-refractivity contribution < 1.29 is 17.9 Å². The van der Waals surface area contributed by atoms with E-state index in [1.54, 1.807) is 0 Å². The number of halogens is 2. The number of hydrogen-bond acceptors (Lipinski definition) is 3. The molecule has 1 unspecified atom stereocenters. The summed E-state index contributed by atoms with van der Waals surface area (Å²) >= 11 is 2.99. The minimum absolute atomic E-state index is 0.0754. The molecular formula is C12H15BrFNO3S. The van der Waals surface area contributed by atoms with Gasteiger partial charge in [0.2, 0.25) is 10.0 Å². The summed E-state index contributed by atoms with van der Waals surface area (Å²) in [7, 11) is -3.75. The summed E-state index contributed by atoms with van der Waals surface area (Å²) < 4.78 is 39.9. The molecule has 0 aliphatic carbocycles. The van der Waals surface area contributed by atoms with Crippen LogP contribution in [0, 0.1) is 5.82 Å². The molecule has 19 heavy (non-hydrogen) atoms. The highest BCUT2D eigenvalue weighted by atomic mass is 79.9. The van der Waals surface area contributed by atoms with Gasteiger partial charge in [-0.3, -0.25) is 0 Å². The SMILES string of the molecule is O=S(=O)(c1ccc(Br)c(F)c1)N1CCCCC1CO. The molecule has 1 saturated heterocycles. The second-order valence-electron chi connectivity index (χ2n) is 4.52. The molecule has 1 aromatic carbocycles. The van der Waals surface area contributed by atoms with E-state index in [-0.39, 0.29) is 16.0 Å². The number of rotatable bonds is 3. The molecule has 1 aromatic rings. The minimum Gasteiger partial charge on any atom is -0.395 e. The molecule has 1 atom stereocenters. The standard InChI is InChI=1S/C12H15BrFNO3S/c13-11-5-4-10(7-12(11)14)19(17,18)15-6-2-1-3-9(15)8-16/h4-5,7,9,16H,1-3,6,8H2. The van der Waals surface area contributed by atoms with E-state index in [1.807, 2.05) is 0 Å². The van der Waals surface area contributed by atoms with Gasteiger partial charge in [0.15, 0.2) is 0 Å². The summed E-state index contributed by atoms with van der Waals surface area (Å²) in [6.45, 7) is 0.156. The molecule has 1 aliphatic rings. The minimum atomic E-state index is -3.75. The number of hydrogen-bond donors (Lipinski definition) is 1. The normalized spacial score (nSPS) is 21.5. The average molecular weight is 352 g/mol. The zero-order chi connectivity index (χ0) is 14.0. The predicted octanol–water partition coefficient (Wildman–Crippen LogP) is 2.12. The van der Waals surface area contributed by atoms with Crippen molar-refractivity contribution in [3.05, 3.63) is 28.5 Å². The summed E-state index contributed by atoms with van der Waals surface area (Å²) in [4.78, 5) is -0.0754. The van der Waals surface area contributed by atoms with Gasteiger partial charge in [-0.15, -0.1) is 0 Å². The van der Waals surface area contributed by atoms with E-state index < -0.39 is 21.9 Å². The van der Waals surface area contributed by atoms with Crippen molar-refractivity contribution in [1.82, 2.24) is 4.31 Å². The zero-order valence-corrected chi connectivity index (χ0v) is 12.6. The van der Waals surface area contributed by atoms with Crippen molar-refractivity contribution in [1.29, 1.82) is 0 Å². The molecule has 1 N–H and O–H groups in total. The molecule has 1 fully saturated rings. The summed E-state index contributed by atoms with van der Waals surface area (Å²) in [6, 6.07) is 3.33. The molecule has 1 aliphatic heterocycles. The molecule has 2 rings (SSSR count). The van der Waals surface area contributed by atoms with Crippen LogP contribution in [0.5, 0.6) is 0 Å². The van der Waals surface area contributed by atoms with E-state index in [0.29, 0.717) is 13.0 Å². The quantitative estimate of drug-likeness (QED) is 0.907. The maximum Gasteiger partial charge on any atom is 0.243 e. The highest BCUT2D eigenvalue weighted by Gasteiger charge is 2.33. The molecule has 0 aromatic heterocycles. The average Bonchev–Trinajstić information content (AvgIpc) is 2.41. The Kier molecular flexibility index (Phi) is 4.60. The van der Waals surface area contributed by atoms with Gasteiger partial charge in [-0.25, -0.2) is 12.8 Å². The lowest BCUT2D eigenvalue weighted by atomic mass is 10.1. The fraction of sp³-hybridized carbons (Fsp3) is 0.500. The fourth-order valence-electron chi connectivity index (χ4n) is 2.25. The van der Waals surface area contributed by atoms with Crippen LogP contribution >= 0.6 is 15.9 Å². The lowest BCUT2D eigenvalue weighted by Crippen LogP contribution is -2.45. The van der Waals surface area contributed by atoms with Crippen LogP contribution in [0.25, 0.3) is 0 Å². The molecule has 0 radical (unpaired) electrons. The molecule has 4 nitrogen and oxygen atoms in total. The molecule has 7 heteroatoms. The fourth-order valence-corrected chi connectivity index (χ4v) is 4.19. The summed E-state index contributed by atoms with van der Waals surface area (Å²) in [5.41, 5.74) is 0. The Labute approximate surface area is 120 Å². The number of benzene rings is 1. The summed E-state index contributed by atoms with van der Waals surface area (Å²) in [5.74, 6) is -0.612. The molecule has 0 spiro atoms. The van der Waals surface area contributed by atoms with E-state index in [2.05, 4.69) is 15.9 Å². The van der Waals surface area contributed by atoms with Crippen LogP contribution < -0.4 is 0 Å². The van der Waals surface area contributed by atoms with Gasteiger partial charge in [-0.1, -0.05) is 6.42 Å². The summed E-state index contributed by atoms with van der Waals surface area (Å²) in [6.07, 6.45) is 2.29. The summed E-state index contributed by atoms with van der Waals surface area (Å²) in [5, 5.41) is 9.28. The van der Waals surface area contributed by atoms with Crippen molar-refractivity contribution in [3.8, 4) is 0 Å². The van der Waals surface area contributed by atoms with E-state index in [9.17, 15) is 17.9 Å². The highest BCUT2D eigenvalue weighted by Crippen LogP contribution is 2.27. The second kappa shape index (κ2) is 5.87. The van der Waals surface area contributed by atoms with Gasteiger partial charge in [-0.05, 0) is 47.0 Å². The Bertz CT molecular complexity index is 564. The number of sulfonamides is 1. The van der Waals surface area contributed by atoms with Gasteiger partial charge in [0.25, 0.3) is 0 Å². The first-order valence-corrected chi connectivity index (χ1v) is 8.28. The number of piperidine rings is 1. The van der Waals surface area contributed by atoms with Gasteiger partial charge in [0.1, 0.15) is 5.82 Å². The first-order valence-electron chi connectivity index (χ1n) is 6.04. The monoisotopic (exact) mass is 351 g/mol. The Balaban J connectivity index is 2.37. The largest absolute Gasteiger partial charge is 0.395 e. The molecule has 0 bridgehead atoms. The molecule has 0 amide bonds. The maximum absolute atomic E-state index is 13.5. The Morgan fingerprint density at radius 3 is 2.79 bits per heavy atom. The molecule has 106 valence electrons. The van der Waals surface area contributed by atoms with Gasteiger partial charge in [0.05, 0.1) is 16.0 Å². The van der Waals surface area contributed by atoms with Crippen LogP contribution in [0.1, 0.15) is 19.3 Å². The smallest absolute Gasteiger partial charge is 0.243 e. The van der Waals surface area contributed by atoms with Gasteiger partial charge < -0.3 is 5.11 Å². The van der Waals surface area contributed by atoms with Crippen LogP contribution in [0.4, 0.5) is 4.39 Å². The zero-order valence-electron chi connectivity index (χ0n) is 10.2. The van der Waals surface area contributed by atoms with Gasteiger partial charge in [0, 0.05) is 12.6 Å². The van der Waals surface area contributed by atoms with Crippen LogP contribution in [0.3, 0.4) is 0 Å². The lowest BCUT2D eigenvalue weighted by molar-refractivity contribution is 0.155. The predicted molar refractivity (Wildman–Crippen MR) is 72.7 cm³/mol. The van der Waals surface area contributed by atoms with Gasteiger partial charge in [-0.2, -0.15) is 4.31 Å². The first kappa shape index (κ1) is 14.9. The van der Waals surface area contributed by atoms with E-state index in [4.69, 9.17) is 0 Å². The second-order valence-corrected chi connectivity index (χ2v) is 7.27. The Morgan fingerprint density at radius 2 is 2.16 bits per heavy atom. The number of aliphatic hydroxyl groups excluding tert-OH is 1. The molecular weight excluding hydrogens is 337 g/mol. The van der Waals surface area contributed by atoms with Crippen LogP contribution in [-0.2, 0) is 10.0 Å². The van der Waals surface area contributed by atoms with Gasteiger partial charge >= 0.3 is 0 Å². The third-order valence-corrected chi connectivity index (χ3v) is 5.87. The molecule has 0 saturated carbocycles. The number of nitrogens with zero attached hydrogens (tertiary/aromatic N) is 1. The first-order chi connectivity index (χ1) is 8.96. The van der Waals surface area contributed by atoms with E-state index in [1.165, 1.54) is 16.4 Å². The van der Waals surface area contributed by atoms with Crippen LogP contribution in [0.15, 0.2) is 27.6 Å². The van der Waals surface area contributed by atoms with Crippen molar-refractivity contribution in [3.63, 3.8) is 0 Å². The third-order valence-electron chi connectivity index (χ3n) is 3.28. The van der Waals surface area contributed by atoms with Crippen LogP contribution in [-0.4, -0.2) is 37.0 Å². The third kappa shape index (κ3) is 2.99. The van der Waals surface area contributed by atoms with Crippen molar-refractivity contribution >= 4 is 26.0 Å². The van der Waals surface area contributed by atoms with E-state index >= 15 is 0 Å². The highest BCUT2D eigenvalue weighted by molar-refractivity contribution is 9.10. The van der Waals surface area contributed by atoms with Crippen molar-refractivity contribution in [2.75, 3.05) is 13.2 Å². The number of aliphatic hydroxyl groups is 1. The Morgan fingerprint density at radius 1 is 1.42 bits per heavy atom. The van der Waals surface area contributed by atoms with Crippen LogP contribution in [0.2, 0.25) is 0 Å². The molecule has 1 heterocycles. The van der Waals surface area contributed by atoms with E-state index in [0.717, 1.165) is 18.9 Å².